The van der Waals surface area contributed by atoms with Gasteiger partial charge in [0.1, 0.15) is 11.5 Å². The Balaban J connectivity index is 1.58. The number of nitrogens with one attached hydrogen (secondary N) is 2. The predicted octanol–water partition coefficient (Wildman–Crippen LogP) is 6.41. The number of para-hydroxylation sites is 2. The van der Waals surface area contributed by atoms with E-state index in [9.17, 15) is 18.0 Å². The average molecular weight is 471 g/mol. The first-order valence-corrected chi connectivity index (χ1v) is 10.9. The van der Waals surface area contributed by atoms with Crippen LogP contribution in [0.4, 0.5) is 24.5 Å². The van der Waals surface area contributed by atoms with Crippen LogP contribution in [0.5, 0.6) is 5.75 Å². The maximum absolute atomic E-state index is 13.0. The summed E-state index contributed by atoms with van der Waals surface area (Å²) in [6.45, 7) is 4.09. The predicted molar refractivity (Wildman–Crippen MR) is 124 cm³/mol. The van der Waals surface area contributed by atoms with Gasteiger partial charge in [-0.15, -0.1) is 0 Å². The number of anilines is 2. The van der Waals surface area contributed by atoms with Crippen LogP contribution in [0.15, 0.2) is 58.0 Å². The van der Waals surface area contributed by atoms with Gasteiger partial charge in [-0.25, -0.2) is 0 Å². The fourth-order valence-corrected chi connectivity index (χ4v) is 3.92. The van der Waals surface area contributed by atoms with Crippen LogP contribution in [-0.2, 0) is 12.6 Å². The van der Waals surface area contributed by atoms with E-state index in [2.05, 4.69) is 15.8 Å². The highest BCUT2D eigenvalue weighted by Crippen LogP contribution is 2.33. The first-order valence-electron chi connectivity index (χ1n) is 10.9. The number of halogens is 3. The van der Waals surface area contributed by atoms with Crippen molar-refractivity contribution >= 4 is 23.0 Å². The number of ether oxygens (including phenoxy) is 1. The Bertz CT molecular complexity index is 1230. The molecule has 1 amide bonds. The number of rotatable bonds is 6. The van der Waals surface area contributed by atoms with Gasteiger partial charge in [-0.1, -0.05) is 18.2 Å². The fraction of sp³-hybridized carbons (Fsp3) is 0.280. The molecule has 3 aromatic rings. The van der Waals surface area contributed by atoms with Gasteiger partial charge >= 0.3 is 6.18 Å². The largest absolute Gasteiger partial charge is 0.492 e. The van der Waals surface area contributed by atoms with Crippen LogP contribution in [0.3, 0.4) is 0 Å². The summed E-state index contributed by atoms with van der Waals surface area (Å²) in [5.41, 5.74) is 4.70. The van der Waals surface area contributed by atoms with Gasteiger partial charge in [0.05, 0.1) is 29.3 Å². The van der Waals surface area contributed by atoms with E-state index in [1.54, 1.807) is 25.1 Å². The van der Waals surface area contributed by atoms with E-state index in [-0.39, 0.29) is 11.4 Å². The number of amides is 1. The second kappa shape index (κ2) is 9.62. The molecule has 1 aliphatic carbocycles. The van der Waals surface area contributed by atoms with Crippen LogP contribution in [-0.4, -0.2) is 18.2 Å². The van der Waals surface area contributed by atoms with Gasteiger partial charge in [0.25, 0.3) is 5.91 Å². The summed E-state index contributed by atoms with van der Waals surface area (Å²) in [7, 11) is 0. The van der Waals surface area contributed by atoms with Crippen molar-refractivity contribution in [2.75, 3.05) is 17.3 Å². The lowest BCUT2D eigenvalue weighted by atomic mass is 9.93. The lowest BCUT2D eigenvalue weighted by molar-refractivity contribution is -0.137. The van der Waals surface area contributed by atoms with Crippen LogP contribution in [0.1, 0.15) is 52.8 Å². The molecule has 1 aromatic heterocycles. The topological polar surface area (TPSA) is 75.9 Å². The molecule has 0 fully saturated rings. The van der Waals surface area contributed by atoms with Crippen molar-refractivity contribution in [3.05, 3.63) is 76.7 Å². The van der Waals surface area contributed by atoms with Crippen LogP contribution >= 0.6 is 0 Å². The van der Waals surface area contributed by atoms with Crippen molar-refractivity contribution in [1.82, 2.24) is 0 Å². The number of carbonyl (C=O) groups is 1. The Hall–Kier alpha value is -3.75. The molecule has 2 aromatic carbocycles. The van der Waals surface area contributed by atoms with Crippen molar-refractivity contribution in [2.24, 2.45) is 5.10 Å². The second-order valence-electron chi connectivity index (χ2n) is 7.84. The number of furan rings is 1. The van der Waals surface area contributed by atoms with Crippen LogP contribution in [0, 0.1) is 6.92 Å². The Morgan fingerprint density at radius 2 is 1.94 bits per heavy atom. The van der Waals surface area contributed by atoms with Crippen molar-refractivity contribution in [1.29, 1.82) is 0 Å². The molecule has 0 atom stereocenters. The monoisotopic (exact) mass is 471 g/mol. The molecule has 1 heterocycles. The molecule has 0 unspecified atom stereocenters. The maximum Gasteiger partial charge on any atom is 0.416 e. The SMILES string of the molecule is CCOc1ccccc1NC(=O)c1oc2c(c1C)/C(=N/Nc1cccc(C(F)(F)F)c1)CCC2. The Kier molecular flexibility index (Phi) is 6.63. The number of alkyl halides is 3. The third-order valence-corrected chi connectivity index (χ3v) is 5.48. The minimum Gasteiger partial charge on any atom is -0.492 e. The molecule has 0 saturated carbocycles. The van der Waals surface area contributed by atoms with Crippen LogP contribution in [0.25, 0.3) is 0 Å². The standard InChI is InChI=1S/C25H24F3N3O3/c1-3-33-20-12-5-4-10-18(20)29-24(32)23-15(2)22-19(11-7-13-21(22)34-23)31-30-17-9-6-8-16(14-17)25(26,27)28/h4-6,8-10,12,14,30H,3,7,11,13H2,1-2H3,(H,29,32)/b31-19+. The summed E-state index contributed by atoms with van der Waals surface area (Å²) in [5, 5.41) is 7.20. The summed E-state index contributed by atoms with van der Waals surface area (Å²) >= 11 is 0. The summed E-state index contributed by atoms with van der Waals surface area (Å²) in [6, 6.07) is 12.0. The third-order valence-electron chi connectivity index (χ3n) is 5.48. The highest BCUT2D eigenvalue weighted by atomic mass is 19.4. The van der Waals surface area contributed by atoms with Crippen molar-refractivity contribution in [3.63, 3.8) is 0 Å². The fourth-order valence-electron chi connectivity index (χ4n) is 3.92. The quantitative estimate of drug-likeness (QED) is 0.407. The normalized spacial score (nSPS) is 14.6. The van der Waals surface area contributed by atoms with Gasteiger partial charge in [0, 0.05) is 17.5 Å². The van der Waals surface area contributed by atoms with Gasteiger partial charge in [0.2, 0.25) is 0 Å². The van der Waals surface area contributed by atoms with E-state index < -0.39 is 17.6 Å². The Labute approximate surface area is 194 Å². The minimum absolute atomic E-state index is 0.171. The first kappa shape index (κ1) is 23.4. The number of hydrogen-bond acceptors (Lipinski definition) is 5. The molecule has 9 heteroatoms. The van der Waals surface area contributed by atoms with E-state index in [4.69, 9.17) is 9.15 Å². The Morgan fingerprint density at radius 1 is 1.15 bits per heavy atom. The van der Waals surface area contributed by atoms with E-state index >= 15 is 0 Å². The van der Waals surface area contributed by atoms with E-state index in [0.717, 1.165) is 18.6 Å². The molecule has 2 N–H and O–H groups in total. The van der Waals surface area contributed by atoms with Crippen LogP contribution < -0.4 is 15.5 Å². The summed E-state index contributed by atoms with van der Waals surface area (Å²) < 4.78 is 50.5. The summed E-state index contributed by atoms with van der Waals surface area (Å²) in [5.74, 6) is 0.950. The summed E-state index contributed by atoms with van der Waals surface area (Å²) in [6.07, 6.45) is -2.44. The van der Waals surface area contributed by atoms with Crippen molar-refractivity contribution in [2.45, 2.75) is 39.3 Å². The zero-order chi connectivity index (χ0) is 24.3. The molecule has 1 aliphatic rings. The molecule has 0 radical (unpaired) electrons. The summed E-state index contributed by atoms with van der Waals surface area (Å²) in [4.78, 5) is 13.0. The van der Waals surface area contributed by atoms with E-state index in [1.165, 1.54) is 12.1 Å². The molecule has 6 nitrogen and oxygen atoms in total. The van der Waals surface area contributed by atoms with E-state index in [0.29, 0.717) is 53.5 Å². The number of carbonyl (C=O) groups excluding carboxylic acids is 1. The molecule has 34 heavy (non-hydrogen) atoms. The molecular weight excluding hydrogens is 447 g/mol. The first-order chi connectivity index (χ1) is 16.3. The lowest BCUT2D eigenvalue weighted by Crippen LogP contribution is -2.15. The van der Waals surface area contributed by atoms with Gasteiger partial charge in [-0.2, -0.15) is 18.3 Å². The van der Waals surface area contributed by atoms with Gasteiger partial charge in [0.15, 0.2) is 5.76 Å². The number of hydrogen-bond donors (Lipinski definition) is 2. The molecule has 4 rings (SSSR count). The zero-order valence-corrected chi connectivity index (χ0v) is 18.8. The minimum atomic E-state index is -4.44. The molecule has 0 saturated heterocycles. The number of benzene rings is 2. The van der Waals surface area contributed by atoms with E-state index in [1.807, 2.05) is 13.0 Å². The smallest absolute Gasteiger partial charge is 0.416 e. The zero-order valence-electron chi connectivity index (χ0n) is 18.8. The highest BCUT2D eigenvalue weighted by molar-refractivity contribution is 6.09. The number of nitrogens with zero attached hydrogens (tertiary/aromatic N) is 1. The molecular formula is C25H24F3N3O3. The molecule has 0 spiro atoms. The lowest BCUT2D eigenvalue weighted by Gasteiger charge is -2.14. The van der Waals surface area contributed by atoms with Crippen LogP contribution in [0.2, 0.25) is 0 Å². The third kappa shape index (κ3) is 4.93. The maximum atomic E-state index is 13.0. The van der Waals surface area contributed by atoms with Gasteiger partial charge in [-0.3, -0.25) is 10.2 Å². The van der Waals surface area contributed by atoms with Gasteiger partial charge in [-0.05, 0) is 57.0 Å². The molecule has 178 valence electrons. The Morgan fingerprint density at radius 3 is 2.71 bits per heavy atom. The number of fused-ring (bicyclic) bond motifs is 1. The molecule has 0 bridgehead atoms. The van der Waals surface area contributed by atoms with Gasteiger partial charge < -0.3 is 14.5 Å². The highest BCUT2D eigenvalue weighted by Gasteiger charge is 2.31. The number of aryl methyl sites for hydroxylation is 1. The second-order valence-corrected chi connectivity index (χ2v) is 7.84. The average Bonchev–Trinajstić information content (AvgIpc) is 3.16. The van der Waals surface area contributed by atoms with Crippen molar-refractivity contribution in [3.8, 4) is 5.75 Å². The number of hydrazone groups is 1. The van der Waals surface area contributed by atoms with Crippen molar-refractivity contribution < 1.29 is 27.1 Å². The molecule has 0 aliphatic heterocycles.